The predicted octanol–water partition coefficient (Wildman–Crippen LogP) is 3.86. The molecular weight excluding hydrogens is 400 g/mol. The number of nitro groups is 1. The minimum Gasteiger partial charge on any atom is -0.491 e. The smallest absolute Gasteiger partial charge is 0.297 e. The molecule has 1 saturated heterocycles. The lowest BCUT2D eigenvalue weighted by atomic mass is 10.1. The topological polar surface area (TPSA) is 102 Å². The first-order valence-electron chi connectivity index (χ1n) is 9.56. The average molecular weight is 418 g/mol. The van der Waals surface area contributed by atoms with Crippen molar-refractivity contribution in [2.24, 2.45) is 0 Å². The zero-order chi connectivity index (χ0) is 21.8. The Balaban J connectivity index is 1.77. The van der Waals surface area contributed by atoms with Crippen molar-refractivity contribution in [3.05, 3.63) is 100 Å². The highest BCUT2D eigenvalue weighted by atomic mass is 16.6. The lowest BCUT2D eigenvalue weighted by molar-refractivity contribution is -0.384. The Morgan fingerprint density at radius 2 is 1.52 bits per heavy atom. The number of carbonyl (C=O) groups is 2. The van der Waals surface area contributed by atoms with E-state index in [2.05, 4.69) is 0 Å². The summed E-state index contributed by atoms with van der Waals surface area (Å²) in [6.45, 7) is 0.858. The molecule has 0 radical (unpaired) electrons. The summed E-state index contributed by atoms with van der Waals surface area (Å²) in [7, 11) is 0. The summed E-state index contributed by atoms with van der Waals surface area (Å²) in [5, 5.41) is 11.8. The van der Waals surface area contributed by atoms with Crippen LogP contribution in [0.1, 0.15) is 20.7 Å². The third kappa shape index (κ3) is 4.59. The Bertz CT molecular complexity index is 1060. The molecule has 1 aliphatic rings. The van der Waals surface area contributed by atoms with Crippen molar-refractivity contribution in [2.75, 3.05) is 18.1 Å². The van der Waals surface area contributed by atoms with Gasteiger partial charge in [0, 0.05) is 11.1 Å². The van der Waals surface area contributed by atoms with Gasteiger partial charge in [-0.2, -0.15) is 0 Å². The van der Waals surface area contributed by atoms with E-state index in [-0.39, 0.29) is 35.3 Å². The molecule has 8 nitrogen and oxygen atoms in total. The van der Waals surface area contributed by atoms with Crippen molar-refractivity contribution < 1.29 is 24.0 Å². The Kier molecular flexibility index (Phi) is 5.72. The van der Waals surface area contributed by atoms with Gasteiger partial charge in [-0.3, -0.25) is 19.7 Å². The van der Waals surface area contributed by atoms with Crippen LogP contribution in [0, 0.1) is 10.1 Å². The maximum absolute atomic E-state index is 13.3. The zero-order valence-corrected chi connectivity index (χ0v) is 16.3. The molecule has 0 bridgehead atoms. The summed E-state index contributed by atoms with van der Waals surface area (Å²) < 4.78 is 10.6. The molecule has 0 aromatic heterocycles. The lowest BCUT2D eigenvalue weighted by Crippen LogP contribution is -2.37. The maximum Gasteiger partial charge on any atom is 0.297 e. The number of anilines is 1. The van der Waals surface area contributed by atoms with Gasteiger partial charge in [-0.15, -0.1) is 0 Å². The number of ether oxygens (including phenoxy) is 2. The molecule has 0 aliphatic carbocycles. The molecule has 3 aromatic carbocycles. The number of imide groups is 1. The second-order valence-electron chi connectivity index (χ2n) is 6.85. The number of rotatable bonds is 7. The zero-order valence-electron chi connectivity index (χ0n) is 16.3. The van der Waals surface area contributed by atoms with E-state index in [0.717, 1.165) is 4.90 Å². The largest absolute Gasteiger partial charge is 0.491 e. The minimum absolute atomic E-state index is 0.0189. The molecule has 1 aliphatic heterocycles. The van der Waals surface area contributed by atoms with Gasteiger partial charge in [-0.05, 0) is 36.4 Å². The minimum atomic E-state index is -0.669. The number of hydrogen-bond acceptors (Lipinski definition) is 6. The van der Waals surface area contributed by atoms with Crippen molar-refractivity contribution in [3.63, 3.8) is 0 Å². The highest BCUT2D eigenvalue weighted by molar-refractivity contribution is 6.26. The standard InChI is InChI=1S/C23H18N2O6/c26-22(16-7-3-1-4-8-16)24(23(27)17-9-5-2-6-10-17)20-12-11-18(13-21(20)25(28)29)30-14-19-15-31-19/h1-13,19H,14-15H2. The number of nitrogens with zero attached hydrogens (tertiary/aromatic N) is 2. The summed E-state index contributed by atoms with van der Waals surface area (Å²) >= 11 is 0. The molecule has 4 rings (SSSR count). The summed E-state index contributed by atoms with van der Waals surface area (Å²) in [5.74, 6) is -1.08. The molecular formula is C23H18N2O6. The molecule has 1 fully saturated rings. The number of carbonyl (C=O) groups excluding carboxylic acids is 2. The first-order valence-corrected chi connectivity index (χ1v) is 9.56. The van der Waals surface area contributed by atoms with Gasteiger partial charge in [0.25, 0.3) is 17.5 Å². The van der Waals surface area contributed by atoms with Gasteiger partial charge in [0.05, 0.1) is 17.6 Å². The molecule has 8 heteroatoms. The monoisotopic (exact) mass is 418 g/mol. The predicted molar refractivity (Wildman–Crippen MR) is 112 cm³/mol. The van der Waals surface area contributed by atoms with Crippen LogP contribution in [-0.4, -0.2) is 36.1 Å². The maximum atomic E-state index is 13.3. The van der Waals surface area contributed by atoms with E-state index in [0.29, 0.717) is 6.61 Å². The van der Waals surface area contributed by atoms with Crippen LogP contribution in [0.25, 0.3) is 0 Å². The van der Waals surface area contributed by atoms with Crippen LogP contribution in [-0.2, 0) is 4.74 Å². The van der Waals surface area contributed by atoms with Crippen molar-refractivity contribution in [1.29, 1.82) is 0 Å². The van der Waals surface area contributed by atoms with Crippen molar-refractivity contribution in [1.82, 2.24) is 0 Å². The fourth-order valence-corrected chi connectivity index (χ4v) is 3.01. The van der Waals surface area contributed by atoms with E-state index in [1.54, 1.807) is 60.7 Å². The lowest BCUT2D eigenvalue weighted by Gasteiger charge is -2.21. The molecule has 1 atom stereocenters. The molecule has 0 N–H and O–H groups in total. The van der Waals surface area contributed by atoms with Crippen LogP contribution in [0.15, 0.2) is 78.9 Å². The SMILES string of the molecule is O=C(c1ccccc1)N(C(=O)c1ccccc1)c1ccc(OCC2CO2)cc1[N+](=O)[O-]. The number of epoxide rings is 1. The molecule has 3 aromatic rings. The van der Waals surface area contributed by atoms with Crippen LogP contribution in [0.3, 0.4) is 0 Å². The molecule has 156 valence electrons. The van der Waals surface area contributed by atoms with Gasteiger partial charge in [0.2, 0.25) is 0 Å². The number of nitro benzene ring substituents is 1. The molecule has 0 saturated carbocycles. The number of hydrogen-bond donors (Lipinski definition) is 0. The Morgan fingerprint density at radius 3 is 2.00 bits per heavy atom. The fraction of sp³-hybridized carbons (Fsp3) is 0.130. The van der Waals surface area contributed by atoms with Gasteiger partial charge in [0.15, 0.2) is 0 Å². The van der Waals surface area contributed by atoms with Gasteiger partial charge >= 0.3 is 0 Å². The second-order valence-corrected chi connectivity index (χ2v) is 6.85. The Labute approximate surface area is 177 Å². The van der Waals surface area contributed by atoms with Gasteiger partial charge in [-0.1, -0.05) is 36.4 Å². The summed E-state index contributed by atoms with van der Waals surface area (Å²) in [6, 6.07) is 20.3. The number of amides is 2. The molecule has 1 unspecified atom stereocenters. The third-order valence-electron chi connectivity index (χ3n) is 4.67. The molecule has 31 heavy (non-hydrogen) atoms. The van der Waals surface area contributed by atoms with Crippen LogP contribution in [0.2, 0.25) is 0 Å². The quantitative estimate of drug-likeness (QED) is 0.250. The van der Waals surface area contributed by atoms with E-state index in [9.17, 15) is 19.7 Å². The Hall–Kier alpha value is -4.04. The summed E-state index contributed by atoms with van der Waals surface area (Å²) in [4.78, 5) is 38.6. The van der Waals surface area contributed by atoms with E-state index >= 15 is 0 Å². The molecule has 2 amide bonds. The molecule has 1 heterocycles. The second kappa shape index (κ2) is 8.76. The van der Waals surface area contributed by atoms with Crippen LogP contribution >= 0.6 is 0 Å². The van der Waals surface area contributed by atoms with E-state index in [1.165, 1.54) is 18.2 Å². The van der Waals surface area contributed by atoms with Gasteiger partial charge in [0.1, 0.15) is 24.1 Å². The average Bonchev–Trinajstić information content (AvgIpc) is 3.64. The van der Waals surface area contributed by atoms with Crippen LogP contribution in [0.5, 0.6) is 5.75 Å². The van der Waals surface area contributed by atoms with Gasteiger partial charge < -0.3 is 9.47 Å². The first kappa shape index (κ1) is 20.2. The van der Waals surface area contributed by atoms with E-state index in [1.807, 2.05) is 0 Å². The Morgan fingerprint density at radius 1 is 0.968 bits per heavy atom. The third-order valence-corrected chi connectivity index (χ3v) is 4.67. The van der Waals surface area contributed by atoms with Gasteiger partial charge in [-0.25, -0.2) is 4.90 Å². The number of benzene rings is 3. The van der Waals surface area contributed by atoms with E-state index in [4.69, 9.17) is 9.47 Å². The summed E-state index contributed by atoms with van der Waals surface area (Å²) in [6.07, 6.45) is -0.0189. The van der Waals surface area contributed by atoms with Crippen LogP contribution < -0.4 is 9.64 Å². The summed E-state index contributed by atoms with van der Waals surface area (Å²) in [5.41, 5.74) is -0.0925. The highest BCUT2D eigenvalue weighted by Gasteiger charge is 2.32. The molecule has 0 spiro atoms. The van der Waals surface area contributed by atoms with Crippen molar-refractivity contribution in [2.45, 2.75) is 6.10 Å². The highest BCUT2D eigenvalue weighted by Crippen LogP contribution is 2.34. The van der Waals surface area contributed by atoms with Crippen molar-refractivity contribution in [3.8, 4) is 5.75 Å². The van der Waals surface area contributed by atoms with Crippen molar-refractivity contribution >= 4 is 23.2 Å². The normalized spacial score (nSPS) is 14.5. The van der Waals surface area contributed by atoms with Crippen LogP contribution in [0.4, 0.5) is 11.4 Å². The fourth-order valence-electron chi connectivity index (χ4n) is 3.01. The van der Waals surface area contributed by atoms with E-state index < -0.39 is 22.4 Å². The first-order chi connectivity index (χ1) is 15.0.